The van der Waals surface area contributed by atoms with Crippen LogP contribution in [0.15, 0.2) is 0 Å². The maximum absolute atomic E-state index is 12.1. The molecule has 0 aromatic heterocycles. The van der Waals surface area contributed by atoms with Gasteiger partial charge in [0.25, 0.3) is 0 Å². The molecule has 0 aromatic carbocycles. The summed E-state index contributed by atoms with van der Waals surface area (Å²) in [5.41, 5.74) is 0. The van der Waals surface area contributed by atoms with Gasteiger partial charge in [0.05, 0.1) is 13.2 Å². The van der Waals surface area contributed by atoms with E-state index in [-0.39, 0.29) is 30.8 Å². The van der Waals surface area contributed by atoms with E-state index in [1.807, 2.05) is 13.8 Å². The molecule has 0 saturated heterocycles. The van der Waals surface area contributed by atoms with Crippen molar-refractivity contribution in [1.82, 2.24) is 10.2 Å². The van der Waals surface area contributed by atoms with E-state index < -0.39 is 0 Å². The van der Waals surface area contributed by atoms with Crippen molar-refractivity contribution in [3.05, 3.63) is 0 Å². The molecule has 1 rings (SSSR count). The van der Waals surface area contributed by atoms with E-state index in [4.69, 9.17) is 4.74 Å². The average molecular weight is 307 g/mol. The fourth-order valence-corrected chi connectivity index (χ4v) is 1.87. The molecule has 118 valence electrons. The lowest BCUT2D eigenvalue weighted by Crippen LogP contribution is -2.43. The van der Waals surface area contributed by atoms with Crippen LogP contribution >= 0.6 is 12.4 Å². The molecule has 0 radical (unpaired) electrons. The van der Waals surface area contributed by atoms with Crippen LogP contribution in [0, 0.1) is 11.8 Å². The number of ether oxygens (including phenoxy) is 1. The minimum Gasteiger partial charge on any atom is -0.465 e. The Morgan fingerprint density at radius 3 is 2.50 bits per heavy atom. The van der Waals surface area contributed by atoms with E-state index in [1.165, 1.54) is 12.8 Å². The van der Waals surface area contributed by atoms with E-state index in [2.05, 4.69) is 5.32 Å². The van der Waals surface area contributed by atoms with Crippen LogP contribution in [-0.4, -0.2) is 49.6 Å². The van der Waals surface area contributed by atoms with Gasteiger partial charge in [-0.05, 0) is 38.1 Å². The second-order valence-corrected chi connectivity index (χ2v) is 5.55. The third kappa shape index (κ3) is 8.38. The summed E-state index contributed by atoms with van der Waals surface area (Å²) in [5.74, 6) is 0.722. The number of amides is 1. The number of nitrogens with zero attached hydrogens (tertiary/aromatic N) is 1. The largest absolute Gasteiger partial charge is 0.465 e. The van der Waals surface area contributed by atoms with Crippen LogP contribution in [0.5, 0.6) is 0 Å². The maximum Gasteiger partial charge on any atom is 0.325 e. The first-order chi connectivity index (χ1) is 9.02. The summed E-state index contributed by atoms with van der Waals surface area (Å²) < 4.78 is 4.90. The van der Waals surface area contributed by atoms with Crippen molar-refractivity contribution in [3.63, 3.8) is 0 Å². The number of hydrogen-bond acceptors (Lipinski definition) is 4. The molecule has 0 aliphatic heterocycles. The molecule has 1 N–H and O–H groups in total. The summed E-state index contributed by atoms with van der Waals surface area (Å²) in [5, 5.41) is 3.16. The standard InChI is InChI=1S/C14H26N2O3.ClH/c1-4-19-14(18)10-16(9-11(2)3)13(17)8-15-7-12-5-6-12;/h11-12,15H,4-10H2,1-3H3;1H. The van der Waals surface area contributed by atoms with Crippen LogP contribution in [0.25, 0.3) is 0 Å². The molecule has 5 nitrogen and oxygen atoms in total. The predicted octanol–water partition coefficient (Wildman–Crippen LogP) is 1.46. The molecule has 0 spiro atoms. The summed E-state index contributed by atoms with van der Waals surface area (Å²) in [6.07, 6.45) is 2.53. The van der Waals surface area contributed by atoms with Crippen LogP contribution in [0.4, 0.5) is 0 Å². The smallest absolute Gasteiger partial charge is 0.325 e. The second kappa shape index (κ2) is 10.00. The average Bonchev–Trinajstić information content (AvgIpc) is 3.11. The molecular formula is C14H27ClN2O3. The monoisotopic (exact) mass is 306 g/mol. The molecule has 0 bridgehead atoms. The van der Waals surface area contributed by atoms with Gasteiger partial charge >= 0.3 is 5.97 Å². The minimum absolute atomic E-state index is 0. The van der Waals surface area contributed by atoms with Gasteiger partial charge in [0.15, 0.2) is 0 Å². The fraction of sp³-hybridized carbons (Fsp3) is 0.857. The van der Waals surface area contributed by atoms with Crippen molar-refractivity contribution in [2.24, 2.45) is 11.8 Å². The van der Waals surface area contributed by atoms with Crippen LogP contribution in [0.2, 0.25) is 0 Å². The normalized spacial score (nSPS) is 13.8. The number of nitrogens with one attached hydrogen (secondary N) is 1. The number of hydrogen-bond donors (Lipinski definition) is 1. The topological polar surface area (TPSA) is 58.6 Å². The molecule has 1 aliphatic rings. The van der Waals surface area contributed by atoms with Crippen molar-refractivity contribution in [2.45, 2.75) is 33.6 Å². The lowest BCUT2D eigenvalue weighted by atomic mass is 10.2. The van der Waals surface area contributed by atoms with Crippen LogP contribution < -0.4 is 5.32 Å². The maximum atomic E-state index is 12.1. The van der Waals surface area contributed by atoms with Crippen LogP contribution in [0.3, 0.4) is 0 Å². The van der Waals surface area contributed by atoms with Gasteiger partial charge in [0, 0.05) is 6.54 Å². The summed E-state index contributed by atoms with van der Waals surface area (Å²) in [6.45, 7) is 8.03. The van der Waals surface area contributed by atoms with Gasteiger partial charge < -0.3 is 15.0 Å². The zero-order valence-electron chi connectivity index (χ0n) is 12.7. The zero-order chi connectivity index (χ0) is 14.3. The number of carbonyl (C=O) groups is 2. The molecule has 6 heteroatoms. The first-order valence-electron chi connectivity index (χ1n) is 7.17. The molecule has 0 aromatic rings. The molecule has 20 heavy (non-hydrogen) atoms. The lowest BCUT2D eigenvalue weighted by molar-refractivity contribution is -0.149. The fourth-order valence-electron chi connectivity index (χ4n) is 1.87. The number of esters is 1. The van der Waals surface area contributed by atoms with Gasteiger partial charge in [-0.25, -0.2) is 0 Å². The molecule has 0 unspecified atom stereocenters. The summed E-state index contributed by atoms with van der Waals surface area (Å²) in [4.78, 5) is 25.2. The Hall–Kier alpha value is -0.810. The Labute approximate surface area is 127 Å². The van der Waals surface area contributed by atoms with Gasteiger partial charge in [0.1, 0.15) is 6.54 Å². The number of halogens is 1. The molecule has 0 heterocycles. The summed E-state index contributed by atoms with van der Waals surface area (Å²) in [6, 6.07) is 0. The molecule has 1 amide bonds. The highest BCUT2D eigenvalue weighted by Crippen LogP contribution is 2.27. The molecular weight excluding hydrogens is 280 g/mol. The van der Waals surface area contributed by atoms with Crippen molar-refractivity contribution in [1.29, 1.82) is 0 Å². The Balaban J connectivity index is 0.00000361. The van der Waals surface area contributed by atoms with E-state index in [9.17, 15) is 9.59 Å². The van der Waals surface area contributed by atoms with Crippen molar-refractivity contribution in [2.75, 3.05) is 32.8 Å². The molecule has 0 atom stereocenters. The highest BCUT2D eigenvalue weighted by Gasteiger charge is 2.22. The molecule has 1 saturated carbocycles. The highest BCUT2D eigenvalue weighted by molar-refractivity contribution is 5.85. The number of carbonyl (C=O) groups excluding carboxylic acids is 2. The SMILES string of the molecule is CCOC(=O)CN(CC(C)C)C(=O)CNCC1CC1.Cl. The van der Waals surface area contributed by atoms with Gasteiger partial charge in [-0.3, -0.25) is 9.59 Å². The molecule has 1 fully saturated rings. The second-order valence-electron chi connectivity index (χ2n) is 5.55. The minimum atomic E-state index is -0.335. The Morgan fingerprint density at radius 2 is 2.00 bits per heavy atom. The summed E-state index contributed by atoms with van der Waals surface area (Å²) in [7, 11) is 0. The van der Waals surface area contributed by atoms with Gasteiger partial charge in [-0.1, -0.05) is 13.8 Å². The summed E-state index contributed by atoms with van der Waals surface area (Å²) >= 11 is 0. The third-order valence-electron chi connectivity index (χ3n) is 2.97. The van der Waals surface area contributed by atoms with Gasteiger partial charge in [-0.15, -0.1) is 12.4 Å². The van der Waals surface area contributed by atoms with E-state index >= 15 is 0 Å². The zero-order valence-corrected chi connectivity index (χ0v) is 13.5. The predicted molar refractivity (Wildman–Crippen MR) is 80.9 cm³/mol. The Morgan fingerprint density at radius 1 is 1.35 bits per heavy atom. The van der Waals surface area contributed by atoms with Crippen molar-refractivity contribution < 1.29 is 14.3 Å². The van der Waals surface area contributed by atoms with Crippen molar-refractivity contribution in [3.8, 4) is 0 Å². The first kappa shape index (κ1) is 19.2. The quantitative estimate of drug-likeness (QED) is 0.655. The van der Waals surface area contributed by atoms with Gasteiger partial charge in [-0.2, -0.15) is 0 Å². The Bertz CT molecular complexity index is 307. The van der Waals surface area contributed by atoms with E-state index in [1.54, 1.807) is 11.8 Å². The Kier molecular flexibility index (Phi) is 9.59. The van der Waals surface area contributed by atoms with Crippen LogP contribution in [0.1, 0.15) is 33.6 Å². The molecule has 1 aliphatic carbocycles. The van der Waals surface area contributed by atoms with E-state index in [0.717, 1.165) is 12.5 Å². The highest BCUT2D eigenvalue weighted by atomic mass is 35.5. The van der Waals surface area contributed by atoms with E-state index in [0.29, 0.717) is 25.6 Å². The lowest BCUT2D eigenvalue weighted by Gasteiger charge is -2.23. The third-order valence-corrected chi connectivity index (χ3v) is 2.97. The number of rotatable bonds is 9. The first-order valence-corrected chi connectivity index (χ1v) is 7.17. The van der Waals surface area contributed by atoms with Crippen LogP contribution in [-0.2, 0) is 14.3 Å². The van der Waals surface area contributed by atoms with Crippen molar-refractivity contribution >= 4 is 24.3 Å². The van der Waals surface area contributed by atoms with Gasteiger partial charge in [0.2, 0.25) is 5.91 Å².